The van der Waals surface area contributed by atoms with Gasteiger partial charge >= 0.3 is 5.97 Å². The lowest BCUT2D eigenvalue weighted by molar-refractivity contribution is 0.0563. The second-order valence-corrected chi connectivity index (χ2v) is 4.07. The molecule has 0 unspecified atom stereocenters. The fourth-order valence-electron chi connectivity index (χ4n) is 1.91. The minimum atomic E-state index is -0.621. The number of aromatic nitrogens is 2. The van der Waals surface area contributed by atoms with Crippen LogP contribution in [0.5, 0.6) is 0 Å². The Balaban J connectivity index is 2.00. The SMILES string of the molecule is COC(=O)c1ccc(C(=O)c2cnn3ccccc23)o1. The van der Waals surface area contributed by atoms with Gasteiger partial charge in [0.2, 0.25) is 11.5 Å². The van der Waals surface area contributed by atoms with Crippen LogP contribution in [0.1, 0.15) is 26.7 Å². The number of hydrogen-bond acceptors (Lipinski definition) is 5. The molecular formula is C14H10N2O4. The minimum Gasteiger partial charge on any atom is -0.463 e. The van der Waals surface area contributed by atoms with Gasteiger partial charge in [0.15, 0.2) is 5.76 Å². The first-order valence-corrected chi connectivity index (χ1v) is 5.86. The summed E-state index contributed by atoms with van der Waals surface area (Å²) in [4.78, 5) is 23.7. The summed E-state index contributed by atoms with van der Waals surface area (Å²) >= 11 is 0. The Bertz CT molecular complexity index is 800. The van der Waals surface area contributed by atoms with Crippen molar-refractivity contribution in [3.05, 3.63) is 59.8 Å². The van der Waals surface area contributed by atoms with Crippen LogP contribution in [0.2, 0.25) is 0 Å². The average molecular weight is 270 g/mol. The van der Waals surface area contributed by atoms with E-state index in [4.69, 9.17) is 4.42 Å². The fraction of sp³-hybridized carbons (Fsp3) is 0.0714. The van der Waals surface area contributed by atoms with Gasteiger partial charge in [0.05, 0.1) is 24.4 Å². The Hall–Kier alpha value is -2.89. The number of carbonyl (C=O) groups excluding carboxylic acids is 2. The molecule has 0 saturated heterocycles. The number of esters is 1. The summed E-state index contributed by atoms with van der Waals surface area (Å²) in [6.45, 7) is 0. The zero-order valence-corrected chi connectivity index (χ0v) is 10.6. The number of methoxy groups -OCH3 is 1. The molecule has 0 aliphatic carbocycles. The van der Waals surface area contributed by atoms with E-state index in [9.17, 15) is 9.59 Å². The molecule has 6 heteroatoms. The number of furan rings is 1. The predicted octanol–water partition coefficient (Wildman–Crippen LogP) is 1.94. The summed E-state index contributed by atoms with van der Waals surface area (Å²) in [7, 11) is 1.25. The van der Waals surface area contributed by atoms with E-state index in [1.54, 1.807) is 16.8 Å². The Morgan fingerprint density at radius 2 is 2.00 bits per heavy atom. The molecule has 0 aliphatic rings. The lowest BCUT2D eigenvalue weighted by Crippen LogP contribution is -2.01. The normalized spacial score (nSPS) is 10.7. The quantitative estimate of drug-likeness (QED) is 0.537. The zero-order chi connectivity index (χ0) is 14.1. The number of fused-ring (bicyclic) bond motifs is 1. The van der Waals surface area contributed by atoms with Crippen molar-refractivity contribution in [2.24, 2.45) is 0 Å². The van der Waals surface area contributed by atoms with Crippen molar-refractivity contribution in [3.8, 4) is 0 Å². The molecule has 3 aromatic rings. The third-order valence-corrected chi connectivity index (χ3v) is 2.89. The number of rotatable bonds is 3. The van der Waals surface area contributed by atoms with Crippen molar-refractivity contribution in [2.75, 3.05) is 7.11 Å². The molecule has 0 spiro atoms. The molecule has 0 atom stereocenters. The van der Waals surface area contributed by atoms with Crippen LogP contribution in [0, 0.1) is 0 Å². The summed E-state index contributed by atoms with van der Waals surface area (Å²) in [5, 5.41) is 4.09. The van der Waals surface area contributed by atoms with Gasteiger partial charge in [0, 0.05) is 6.20 Å². The molecule has 3 rings (SSSR count). The number of ether oxygens (including phenoxy) is 1. The fourth-order valence-corrected chi connectivity index (χ4v) is 1.91. The van der Waals surface area contributed by atoms with E-state index in [1.807, 2.05) is 12.1 Å². The Morgan fingerprint density at radius 3 is 2.80 bits per heavy atom. The molecule has 3 heterocycles. The number of hydrogen-bond donors (Lipinski definition) is 0. The van der Waals surface area contributed by atoms with Gasteiger partial charge in [-0.15, -0.1) is 0 Å². The second-order valence-electron chi connectivity index (χ2n) is 4.07. The molecule has 6 nitrogen and oxygen atoms in total. The first-order valence-electron chi connectivity index (χ1n) is 5.86. The van der Waals surface area contributed by atoms with Crippen LogP contribution >= 0.6 is 0 Å². The Kier molecular flexibility index (Phi) is 2.83. The Labute approximate surface area is 113 Å². The molecule has 0 bridgehead atoms. The van der Waals surface area contributed by atoms with Crippen molar-refractivity contribution >= 4 is 17.3 Å². The maximum atomic E-state index is 12.3. The summed E-state index contributed by atoms with van der Waals surface area (Å²) in [5.41, 5.74) is 1.09. The molecule has 100 valence electrons. The van der Waals surface area contributed by atoms with Crippen LogP contribution in [-0.4, -0.2) is 28.5 Å². The van der Waals surface area contributed by atoms with E-state index in [0.717, 1.165) is 0 Å². The summed E-state index contributed by atoms with van der Waals surface area (Å²) in [5.74, 6) is -0.887. The molecule has 0 N–H and O–H groups in total. The van der Waals surface area contributed by atoms with Crippen molar-refractivity contribution < 1.29 is 18.7 Å². The van der Waals surface area contributed by atoms with Crippen LogP contribution in [-0.2, 0) is 4.74 Å². The third-order valence-electron chi connectivity index (χ3n) is 2.89. The molecule has 0 saturated carbocycles. The van der Waals surface area contributed by atoms with Gasteiger partial charge in [-0.05, 0) is 24.3 Å². The van der Waals surface area contributed by atoms with Gasteiger partial charge in [-0.25, -0.2) is 9.31 Å². The highest BCUT2D eigenvalue weighted by Crippen LogP contribution is 2.17. The molecular weight excluding hydrogens is 260 g/mol. The van der Waals surface area contributed by atoms with Crippen LogP contribution in [0.25, 0.3) is 5.52 Å². The van der Waals surface area contributed by atoms with Crippen molar-refractivity contribution in [3.63, 3.8) is 0 Å². The number of carbonyl (C=O) groups is 2. The number of nitrogens with zero attached hydrogens (tertiary/aromatic N) is 2. The molecule has 0 fully saturated rings. The van der Waals surface area contributed by atoms with Gasteiger partial charge < -0.3 is 9.15 Å². The molecule has 3 aromatic heterocycles. The largest absolute Gasteiger partial charge is 0.463 e. The first-order chi connectivity index (χ1) is 9.70. The van der Waals surface area contributed by atoms with Gasteiger partial charge in [-0.2, -0.15) is 5.10 Å². The number of pyridine rings is 1. The predicted molar refractivity (Wildman–Crippen MR) is 68.7 cm³/mol. The van der Waals surface area contributed by atoms with Gasteiger partial charge in [-0.1, -0.05) is 6.07 Å². The van der Waals surface area contributed by atoms with Crippen LogP contribution in [0.3, 0.4) is 0 Å². The summed E-state index contributed by atoms with van der Waals surface area (Å²) in [6, 6.07) is 8.27. The molecule has 0 radical (unpaired) electrons. The van der Waals surface area contributed by atoms with Crippen LogP contribution < -0.4 is 0 Å². The van der Waals surface area contributed by atoms with E-state index in [0.29, 0.717) is 11.1 Å². The highest BCUT2D eigenvalue weighted by atomic mass is 16.5. The van der Waals surface area contributed by atoms with E-state index >= 15 is 0 Å². The summed E-state index contributed by atoms with van der Waals surface area (Å²) < 4.78 is 11.3. The van der Waals surface area contributed by atoms with E-state index in [-0.39, 0.29) is 17.3 Å². The highest BCUT2D eigenvalue weighted by molar-refractivity contribution is 6.11. The van der Waals surface area contributed by atoms with E-state index in [2.05, 4.69) is 9.84 Å². The topological polar surface area (TPSA) is 73.8 Å². The second kappa shape index (κ2) is 4.65. The lowest BCUT2D eigenvalue weighted by Gasteiger charge is -1.96. The van der Waals surface area contributed by atoms with Gasteiger partial charge in [-0.3, -0.25) is 4.79 Å². The van der Waals surface area contributed by atoms with E-state index in [1.165, 1.54) is 25.4 Å². The lowest BCUT2D eigenvalue weighted by atomic mass is 10.1. The first kappa shape index (κ1) is 12.2. The highest BCUT2D eigenvalue weighted by Gasteiger charge is 2.20. The zero-order valence-electron chi connectivity index (χ0n) is 10.6. The molecule has 0 aliphatic heterocycles. The van der Waals surface area contributed by atoms with Gasteiger partial charge in [0.1, 0.15) is 0 Å². The smallest absolute Gasteiger partial charge is 0.373 e. The van der Waals surface area contributed by atoms with Crippen molar-refractivity contribution in [1.82, 2.24) is 9.61 Å². The average Bonchev–Trinajstić information content (AvgIpc) is 3.12. The van der Waals surface area contributed by atoms with Gasteiger partial charge in [0.25, 0.3) is 0 Å². The van der Waals surface area contributed by atoms with Crippen LogP contribution in [0.4, 0.5) is 0 Å². The van der Waals surface area contributed by atoms with Crippen molar-refractivity contribution in [1.29, 1.82) is 0 Å². The maximum Gasteiger partial charge on any atom is 0.373 e. The van der Waals surface area contributed by atoms with Crippen molar-refractivity contribution in [2.45, 2.75) is 0 Å². The molecule has 20 heavy (non-hydrogen) atoms. The van der Waals surface area contributed by atoms with Crippen LogP contribution in [0.15, 0.2) is 47.1 Å². The monoisotopic (exact) mass is 270 g/mol. The standard InChI is InChI=1S/C14H10N2O4/c1-19-14(18)12-6-5-11(20-12)13(17)9-8-15-16-7-3-2-4-10(9)16/h2-8H,1H3. The summed E-state index contributed by atoms with van der Waals surface area (Å²) in [6.07, 6.45) is 3.21. The minimum absolute atomic E-state index is 0.00711. The third kappa shape index (κ3) is 1.87. The van der Waals surface area contributed by atoms with E-state index < -0.39 is 5.97 Å². The Morgan fingerprint density at radius 1 is 1.20 bits per heavy atom. The molecule has 0 amide bonds. The molecule has 0 aromatic carbocycles. The number of ketones is 1. The maximum absolute atomic E-state index is 12.3.